The van der Waals surface area contributed by atoms with Crippen LogP contribution in [0.25, 0.3) is 11.8 Å². The zero-order valence-electron chi connectivity index (χ0n) is 13.2. The van der Waals surface area contributed by atoms with Crippen LogP contribution in [0, 0.1) is 0 Å². The summed E-state index contributed by atoms with van der Waals surface area (Å²) in [6, 6.07) is 13.1. The van der Waals surface area contributed by atoms with Crippen molar-refractivity contribution in [3.8, 4) is 11.5 Å². The molecule has 23 heavy (non-hydrogen) atoms. The van der Waals surface area contributed by atoms with Crippen molar-refractivity contribution in [3.63, 3.8) is 0 Å². The minimum Gasteiger partial charge on any atom is -0.497 e. The van der Waals surface area contributed by atoms with Gasteiger partial charge in [0.25, 0.3) is 0 Å². The molecule has 0 unspecified atom stereocenters. The van der Waals surface area contributed by atoms with Crippen LogP contribution in [-0.2, 0) is 4.74 Å². The monoisotopic (exact) mass is 311 g/mol. The first-order valence-corrected chi connectivity index (χ1v) is 7.12. The Morgan fingerprint density at radius 3 is 2.35 bits per heavy atom. The number of hydrogen-bond acceptors (Lipinski definition) is 4. The molecule has 3 rings (SSSR count). The Kier molecular flexibility index (Phi) is 3.93. The summed E-state index contributed by atoms with van der Waals surface area (Å²) in [5, 5.41) is 0. The highest BCUT2D eigenvalue weighted by molar-refractivity contribution is 6.01. The average molecular weight is 311 g/mol. The Morgan fingerprint density at radius 1 is 1.04 bits per heavy atom. The highest BCUT2D eigenvalue weighted by Gasteiger charge is 2.26. The van der Waals surface area contributed by atoms with E-state index in [1.165, 1.54) is 4.90 Å². The molecule has 0 bridgehead atoms. The van der Waals surface area contributed by atoms with Gasteiger partial charge in [0.1, 0.15) is 17.3 Å². The highest BCUT2D eigenvalue weighted by atomic mass is 16.6. The van der Waals surface area contributed by atoms with Crippen LogP contribution < -0.4 is 14.4 Å². The molecule has 1 aliphatic rings. The predicted molar refractivity (Wildman–Crippen MR) is 88.7 cm³/mol. The Labute approximate surface area is 134 Å². The van der Waals surface area contributed by atoms with Gasteiger partial charge in [0.2, 0.25) is 0 Å². The average Bonchev–Trinajstić information content (AvgIpc) is 2.59. The molecule has 0 aromatic heterocycles. The van der Waals surface area contributed by atoms with Gasteiger partial charge in [-0.25, -0.2) is 4.79 Å². The molecule has 1 heterocycles. The molecule has 0 saturated carbocycles. The molecule has 0 radical (unpaired) electrons. The van der Waals surface area contributed by atoms with Crippen molar-refractivity contribution in [2.75, 3.05) is 26.2 Å². The highest BCUT2D eigenvalue weighted by Crippen LogP contribution is 2.35. The zero-order chi connectivity index (χ0) is 16.4. The topological polar surface area (TPSA) is 48.0 Å². The summed E-state index contributed by atoms with van der Waals surface area (Å²) in [4.78, 5) is 13.5. The molecule has 2 aromatic rings. The summed E-state index contributed by atoms with van der Waals surface area (Å²) >= 11 is 0. The third-order valence-electron chi connectivity index (χ3n) is 3.67. The predicted octanol–water partition coefficient (Wildman–Crippen LogP) is 3.79. The van der Waals surface area contributed by atoms with Gasteiger partial charge < -0.3 is 14.2 Å². The first kappa shape index (κ1) is 15.0. The van der Waals surface area contributed by atoms with Crippen LogP contribution in [0.1, 0.15) is 11.1 Å². The number of para-hydroxylation sites is 1. The Bertz CT molecular complexity index is 760. The lowest BCUT2D eigenvalue weighted by Gasteiger charge is -2.26. The number of hydrogen-bond donors (Lipinski definition) is 0. The van der Waals surface area contributed by atoms with Crippen LogP contribution >= 0.6 is 0 Å². The minimum absolute atomic E-state index is 0.412. The minimum atomic E-state index is -0.412. The lowest BCUT2D eigenvalue weighted by atomic mass is 10.1. The summed E-state index contributed by atoms with van der Waals surface area (Å²) in [5.41, 5.74) is 2.49. The molecule has 1 amide bonds. The number of fused-ring (bicyclic) bond motifs is 1. The summed E-state index contributed by atoms with van der Waals surface area (Å²) in [6.07, 6.45) is 1.39. The maximum absolute atomic E-state index is 12.0. The number of cyclic esters (lactones) is 1. The van der Waals surface area contributed by atoms with E-state index in [1.807, 2.05) is 36.4 Å². The van der Waals surface area contributed by atoms with Gasteiger partial charge in [0, 0.05) is 18.7 Å². The SMILES string of the molecule is COc1cc(/C=C2\OC(=O)N(C)c3ccccc32)cc(OC)c1. The van der Waals surface area contributed by atoms with Crippen LogP contribution in [0.3, 0.4) is 0 Å². The number of rotatable bonds is 3. The Hall–Kier alpha value is -2.95. The lowest BCUT2D eigenvalue weighted by Crippen LogP contribution is -2.31. The normalized spacial score (nSPS) is 15.2. The molecule has 0 fully saturated rings. The fraction of sp³-hybridized carbons (Fsp3) is 0.167. The van der Waals surface area contributed by atoms with E-state index in [1.54, 1.807) is 33.4 Å². The summed E-state index contributed by atoms with van der Waals surface area (Å²) in [5.74, 6) is 1.84. The van der Waals surface area contributed by atoms with Crippen molar-refractivity contribution in [2.24, 2.45) is 0 Å². The second-order valence-corrected chi connectivity index (χ2v) is 5.10. The third-order valence-corrected chi connectivity index (χ3v) is 3.67. The van der Waals surface area contributed by atoms with E-state index in [4.69, 9.17) is 14.2 Å². The summed E-state index contributed by atoms with van der Waals surface area (Å²) in [6.45, 7) is 0. The molecule has 0 N–H and O–H groups in total. The quantitative estimate of drug-likeness (QED) is 0.865. The van der Waals surface area contributed by atoms with E-state index >= 15 is 0 Å². The van der Waals surface area contributed by atoms with Crippen LogP contribution in [0.15, 0.2) is 42.5 Å². The standard InChI is InChI=1S/C18H17NO4/c1-19-16-7-5-4-6-15(16)17(23-18(19)20)10-12-8-13(21-2)11-14(9-12)22-3/h4-11H,1-3H3/b17-10-. The van der Waals surface area contributed by atoms with Gasteiger partial charge in [-0.2, -0.15) is 0 Å². The number of methoxy groups -OCH3 is 2. The number of amides is 1. The van der Waals surface area contributed by atoms with E-state index in [0.29, 0.717) is 17.3 Å². The summed E-state index contributed by atoms with van der Waals surface area (Å²) < 4.78 is 16.0. The van der Waals surface area contributed by atoms with Crippen molar-refractivity contribution in [2.45, 2.75) is 0 Å². The third kappa shape index (κ3) is 2.85. The van der Waals surface area contributed by atoms with Crippen LogP contribution in [0.2, 0.25) is 0 Å². The van der Waals surface area contributed by atoms with E-state index in [9.17, 15) is 4.79 Å². The summed E-state index contributed by atoms with van der Waals surface area (Å²) in [7, 11) is 4.87. The maximum atomic E-state index is 12.0. The van der Waals surface area contributed by atoms with Crippen molar-refractivity contribution in [3.05, 3.63) is 53.6 Å². The molecule has 5 heteroatoms. The lowest BCUT2D eigenvalue weighted by molar-refractivity contribution is 0.199. The fourth-order valence-corrected chi connectivity index (χ4v) is 2.46. The Morgan fingerprint density at radius 2 is 1.70 bits per heavy atom. The number of carbonyl (C=O) groups is 1. The number of nitrogens with zero attached hydrogens (tertiary/aromatic N) is 1. The number of benzene rings is 2. The zero-order valence-corrected chi connectivity index (χ0v) is 13.2. The first-order valence-electron chi connectivity index (χ1n) is 7.12. The Balaban J connectivity index is 2.09. The van der Waals surface area contributed by atoms with E-state index in [-0.39, 0.29) is 0 Å². The van der Waals surface area contributed by atoms with Crippen LogP contribution in [0.5, 0.6) is 11.5 Å². The maximum Gasteiger partial charge on any atom is 0.419 e. The van der Waals surface area contributed by atoms with E-state index in [2.05, 4.69) is 0 Å². The number of carbonyl (C=O) groups excluding carboxylic acids is 1. The molecule has 118 valence electrons. The van der Waals surface area contributed by atoms with Gasteiger partial charge in [-0.15, -0.1) is 0 Å². The van der Waals surface area contributed by atoms with E-state index in [0.717, 1.165) is 16.8 Å². The smallest absolute Gasteiger partial charge is 0.419 e. The van der Waals surface area contributed by atoms with Gasteiger partial charge in [-0.05, 0) is 35.9 Å². The van der Waals surface area contributed by atoms with Crippen molar-refractivity contribution < 1.29 is 19.0 Å². The van der Waals surface area contributed by atoms with Gasteiger partial charge in [0.15, 0.2) is 0 Å². The second-order valence-electron chi connectivity index (χ2n) is 5.10. The molecule has 0 atom stereocenters. The molecule has 1 aliphatic heterocycles. The van der Waals surface area contributed by atoms with E-state index < -0.39 is 6.09 Å². The van der Waals surface area contributed by atoms with Gasteiger partial charge in [0.05, 0.1) is 19.9 Å². The van der Waals surface area contributed by atoms with Crippen LogP contribution in [0.4, 0.5) is 10.5 Å². The first-order chi connectivity index (χ1) is 11.1. The van der Waals surface area contributed by atoms with Gasteiger partial charge in [-0.3, -0.25) is 4.90 Å². The molecule has 0 saturated heterocycles. The van der Waals surface area contributed by atoms with Crippen molar-refractivity contribution in [1.82, 2.24) is 0 Å². The van der Waals surface area contributed by atoms with Crippen molar-refractivity contribution in [1.29, 1.82) is 0 Å². The largest absolute Gasteiger partial charge is 0.497 e. The van der Waals surface area contributed by atoms with Crippen LogP contribution in [-0.4, -0.2) is 27.4 Å². The van der Waals surface area contributed by atoms with Gasteiger partial charge >= 0.3 is 6.09 Å². The number of anilines is 1. The second kappa shape index (κ2) is 6.04. The van der Waals surface area contributed by atoms with Gasteiger partial charge in [-0.1, -0.05) is 12.1 Å². The molecule has 5 nitrogen and oxygen atoms in total. The molecular weight excluding hydrogens is 294 g/mol. The molecule has 0 aliphatic carbocycles. The molecule has 2 aromatic carbocycles. The molecular formula is C18H17NO4. The fourth-order valence-electron chi connectivity index (χ4n) is 2.46. The number of ether oxygens (including phenoxy) is 3. The van der Waals surface area contributed by atoms with Crippen molar-refractivity contribution >= 4 is 23.6 Å². The molecule has 0 spiro atoms.